The zero-order valence-corrected chi connectivity index (χ0v) is 17.5. The predicted octanol–water partition coefficient (Wildman–Crippen LogP) is 3.10. The van der Waals surface area contributed by atoms with Gasteiger partial charge in [-0.2, -0.15) is 0 Å². The van der Waals surface area contributed by atoms with Crippen LogP contribution in [0.5, 0.6) is 17.2 Å². The molecule has 0 bridgehead atoms. The van der Waals surface area contributed by atoms with E-state index < -0.39 is 6.10 Å². The second-order valence-electron chi connectivity index (χ2n) is 8.20. The molecule has 2 aromatic carbocycles. The van der Waals surface area contributed by atoms with Crippen LogP contribution in [0.3, 0.4) is 0 Å². The van der Waals surface area contributed by atoms with E-state index >= 15 is 0 Å². The highest BCUT2D eigenvalue weighted by Gasteiger charge is 2.44. The van der Waals surface area contributed by atoms with E-state index in [0.717, 1.165) is 42.1 Å². The molecule has 3 heterocycles. The molecule has 1 atom stereocenters. The Bertz CT molecular complexity index is 939. The summed E-state index contributed by atoms with van der Waals surface area (Å²) < 4.78 is 23.3. The number of carbonyl (C=O) groups is 1. The van der Waals surface area contributed by atoms with Gasteiger partial charge in [0.05, 0.1) is 26.4 Å². The summed E-state index contributed by atoms with van der Waals surface area (Å²) >= 11 is 0. The molecule has 0 N–H and O–H groups in total. The normalized spacial score (nSPS) is 21.5. The lowest BCUT2D eigenvalue weighted by Crippen LogP contribution is -2.51. The Morgan fingerprint density at radius 2 is 1.80 bits per heavy atom. The van der Waals surface area contributed by atoms with Crippen LogP contribution in [0, 0.1) is 0 Å². The van der Waals surface area contributed by atoms with Gasteiger partial charge in [0.1, 0.15) is 5.75 Å². The average Bonchev–Trinajstić information content (AvgIpc) is 3.23. The second-order valence-corrected chi connectivity index (χ2v) is 8.20. The summed E-state index contributed by atoms with van der Waals surface area (Å²) in [5.41, 5.74) is 3.15. The van der Waals surface area contributed by atoms with Crippen LogP contribution in [-0.2, 0) is 28.0 Å². The number of amides is 1. The quantitative estimate of drug-likeness (QED) is 0.780. The van der Waals surface area contributed by atoms with Gasteiger partial charge < -0.3 is 23.8 Å². The Labute approximate surface area is 176 Å². The first-order valence-corrected chi connectivity index (χ1v) is 10.6. The van der Waals surface area contributed by atoms with E-state index in [9.17, 15) is 4.79 Å². The molecular formula is C24H27NO5. The molecule has 0 aliphatic carbocycles. The molecule has 1 fully saturated rings. The van der Waals surface area contributed by atoms with Crippen LogP contribution in [0.25, 0.3) is 0 Å². The van der Waals surface area contributed by atoms with E-state index in [1.807, 2.05) is 29.2 Å². The minimum atomic E-state index is -0.416. The molecule has 1 amide bonds. The Hall–Kier alpha value is -2.73. The maximum Gasteiger partial charge on any atom is 0.263 e. The number of likely N-dealkylation sites (tertiary alicyclic amines) is 1. The summed E-state index contributed by atoms with van der Waals surface area (Å²) in [6.07, 6.45) is 2.61. The fourth-order valence-electron chi connectivity index (χ4n) is 5.01. The largest absolute Gasteiger partial charge is 0.493 e. The van der Waals surface area contributed by atoms with E-state index in [-0.39, 0.29) is 11.5 Å². The zero-order valence-electron chi connectivity index (χ0n) is 17.5. The molecule has 6 nitrogen and oxygen atoms in total. The van der Waals surface area contributed by atoms with E-state index in [0.29, 0.717) is 26.1 Å². The smallest absolute Gasteiger partial charge is 0.263 e. The number of nitrogens with zero attached hydrogens (tertiary/aromatic N) is 1. The van der Waals surface area contributed by atoms with Crippen LogP contribution in [0.4, 0.5) is 0 Å². The molecule has 0 saturated carbocycles. The van der Waals surface area contributed by atoms with Gasteiger partial charge in [0.2, 0.25) is 0 Å². The maximum atomic E-state index is 13.1. The van der Waals surface area contributed by atoms with Gasteiger partial charge in [0.15, 0.2) is 17.6 Å². The minimum absolute atomic E-state index is 0.0735. The van der Waals surface area contributed by atoms with Crippen LogP contribution in [0.1, 0.15) is 29.5 Å². The van der Waals surface area contributed by atoms with Crippen molar-refractivity contribution in [3.63, 3.8) is 0 Å². The Kier molecular flexibility index (Phi) is 4.82. The molecule has 6 heteroatoms. The number of piperidine rings is 1. The Morgan fingerprint density at radius 1 is 1.07 bits per heavy atom. The van der Waals surface area contributed by atoms with Crippen molar-refractivity contribution < 1.29 is 23.7 Å². The van der Waals surface area contributed by atoms with Gasteiger partial charge >= 0.3 is 0 Å². The van der Waals surface area contributed by atoms with E-state index in [1.165, 1.54) is 11.1 Å². The van der Waals surface area contributed by atoms with E-state index in [4.69, 9.17) is 18.9 Å². The van der Waals surface area contributed by atoms with Crippen molar-refractivity contribution in [3.05, 3.63) is 53.1 Å². The topological polar surface area (TPSA) is 57.2 Å². The average molecular weight is 409 g/mol. The highest BCUT2D eigenvalue weighted by atomic mass is 16.5. The molecule has 0 radical (unpaired) electrons. The Morgan fingerprint density at radius 3 is 2.53 bits per heavy atom. The van der Waals surface area contributed by atoms with Gasteiger partial charge in [-0.25, -0.2) is 0 Å². The molecule has 3 aliphatic rings. The first-order chi connectivity index (χ1) is 14.6. The molecule has 1 unspecified atom stereocenters. The number of fused-ring (bicyclic) bond motifs is 3. The summed E-state index contributed by atoms with van der Waals surface area (Å²) in [6, 6.07) is 12.0. The first kappa shape index (κ1) is 19.2. The molecule has 1 spiro atoms. The molecule has 5 rings (SSSR count). The standard InChI is InChI=1S/C24H27NO5/c1-27-20-13-16-7-12-29-24(18(16)15-21(20)28-2)8-10-25(11-9-24)23(26)22-14-17-5-3-4-6-19(17)30-22/h3-6,13,15,22H,7-12,14H2,1-2H3. The first-order valence-electron chi connectivity index (χ1n) is 10.6. The van der Waals surface area contributed by atoms with Gasteiger partial charge in [0, 0.05) is 19.5 Å². The molecule has 2 aromatic rings. The number of hydrogen-bond donors (Lipinski definition) is 0. The number of hydrogen-bond acceptors (Lipinski definition) is 5. The highest BCUT2D eigenvalue weighted by Crippen LogP contribution is 2.45. The number of ether oxygens (including phenoxy) is 4. The fourth-order valence-corrected chi connectivity index (χ4v) is 5.01. The SMILES string of the molecule is COc1cc2c(cc1OC)C1(CCN(C(=O)C3Cc4ccccc4O3)CC1)OCC2. The third-order valence-corrected chi connectivity index (χ3v) is 6.66. The summed E-state index contributed by atoms with van der Waals surface area (Å²) in [7, 11) is 3.31. The van der Waals surface area contributed by atoms with Gasteiger partial charge in [-0.1, -0.05) is 18.2 Å². The van der Waals surface area contributed by atoms with Crippen molar-refractivity contribution >= 4 is 5.91 Å². The molecular weight excluding hydrogens is 382 g/mol. The van der Waals surface area contributed by atoms with Gasteiger partial charge in [-0.05, 0) is 54.2 Å². The van der Waals surface area contributed by atoms with E-state index in [2.05, 4.69) is 12.1 Å². The van der Waals surface area contributed by atoms with E-state index in [1.54, 1.807) is 14.2 Å². The second kappa shape index (κ2) is 7.51. The minimum Gasteiger partial charge on any atom is -0.493 e. The van der Waals surface area contributed by atoms with Crippen LogP contribution in [0.15, 0.2) is 36.4 Å². The molecule has 1 saturated heterocycles. The van der Waals surface area contributed by atoms with Gasteiger partial charge in [-0.15, -0.1) is 0 Å². The number of para-hydroxylation sites is 1. The molecule has 3 aliphatic heterocycles. The van der Waals surface area contributed by atoms with Crippen molar-refractivity contribution in [1.82, 2.24) is 4.90 Å². The number of carbonyl (C=O) groups excluding carboxylic acids is 1. The van der Waals surface area contributed by atoms with Crippen molar-refractivity contribution in [1.29, 1.82) is 0 Å². The maximum absolute atomic E-state index is 13.1. The zero-order chi connectivity index (χ0) is 20.7. The van der Waals surface area contributed by atoms with Crippen LogP contribution in [0.2, 0.25) is 0 Å². The number of methoxy groups -OCH3 is 2. The van der Waals surface area contributed by atoms with Crippen molar-refractivity contribution in [2.24, 2.45) is 0 Å². The predicted molar refractivity (Wildman–Crippen MR) is 111 cm³/mol. The number of rotatable bonds is 3. The summed E-state index contributed by atoms with van der Waals surface area (Å²) in [4.78, 5) is 15.0. The summed E-state index contributed by atoms with van der Waals surface area (Å²) in [5.74, 6) is 2.37. The lowest BCUT2D eigenvalue weighted by atomic mass is 9.79. The Balaban J connectivity index is 1.32. The third kappa shape index (κ3) is 3.10. The molecule has 0 aromatic heterocycles. The molecule has 158 valence electrons. The lowest BCUT2D eigenvalue weighted by molar-refractivity contribution is -0.146. The third-order valence-electron chi connectivity index (χ3n) is 6.66. The van der Waals surface area contributed by atoms with Crippen molar-refractivity contribution in [2.75, 3.05) is 33.9 Å². The molecule has 30 heavy (non-hydrogen) atoms. The fraction of sp³-hybridized carbons (Fsp3) is 0.458. The lowest BCUT2D eigenvalue weighted by Gasteiger charge is -2.45. The van der Waals surface area contributed by atoms with Gasteiger partial charge in [-0.3, -0.25) is 4.79 Å². The summed E-state index contributed by atoms with van der Waals surface area (Å²) in [5, 5.41) is 0. The monoisotopic (exact) mass is 409 g/mol. The number of benzene rings is 2. The highest BCUT2D eigenvalue weighted by molar-refractivity contribution is 5.82. The van der Waals surface area contributed by atoms with Crippen LogP contribution >= 0.6 is 0 Å². The van der Waals surface area contributed by atoms with Crippen molar-refractivity contribution in [2.45, 2.75) is 37.4 Å². The van der Waals surface area contributed by atoms with Crippen molar-refractivity contribution in [3.8, 4) is 17.2 Å². The van der Waals surface area contributed by atoms with Crippen LogP contribution in [-0.4, -0.2) is 50.8 Å². The van der Waals surface area contributed by atoms with Crippen LogP contribution < -0.4 is 14.2 Å². The van der Waals surface area contributed by atoms with Gasteiger partial charge in [0.25, 0.3) is 5.91 Å². The summed E-state index contributed by atoms with van der Waals surface area (Å²) in [6.45, 7) is 1.99.